The van der Waals surface area contributed by atoms with Gasteiger partial charge in [0.25, 0.3) is 11.5 Å². The minimum absolute atomic E-state index is 0.0401. The molecular weight excluding hydrogens is 388 g/mol. The molecule has 0 unspecified atom stereocenters. The van der Waals surface area contributed by atoms with E-state index in [1.807, 2.05) is 0 Å². The quantitative estimate of drug-likeness (QED) is 0.498. The number of benzene rings is 1. The maximum Gasteiger partial charge on any atom is 0.271 e. The molecule has 4 rings (SSSR count). The minimum Gasteiger partial charge on any atom is -0.349 e. The normalized spacial score (nSPS) is 13.2. The van der Waals surface area contributed by atoms with E-state index in [1.54, 1.807) is 35.2 Å². The molecule has 0 bridgehead atoms. The summed E-state index contributed by atoms with van der Waals surface area (Å²) in [5.41, 5.74) is 3.45. The monoisotopic (exact) mass is 410 g/mol. The van der Waals surface area contributed by atoms with Crippen molar-refractivity contribution < 1.29 is 4.79 Å². The Hall–Kier alpha value is -3.07. The van der Waals surface area contributed by atoms with Crippen molar-refractivity contribution in [3.05, 3.63) is 51.0 Å². The van der Waals surface area contributed by atoms with Crippen LogP contribution in [0.15, 0.2) is 34.3 Å². The summed E-state index contributed by atoms with van der Waals surface area (Å²) in [5.74, 6) is 0.436. The van der Waals surface area contributed by atoms with E-state index in [0.29, 0.717) is 23.0 Å². The molecule has 1 amide bonds. The molecule has 0 atom stereocenters. The SMILES string of the molecule is CCN(CC)c1ncc(/C=N\NC(=O)c2ccc3c(=O)n4c(nc3c2)CCC4)s1. The maximum atomic E-state index is 12.5. The van der Waals surface area contributed by atoms with Gasteiger partial charge in [0.1, 0.15) is 5.82 Å². The summed E-state index contributed by atoms with van der Waals surface area (Å²) >= 11 is 1.52. The first-order valence-electron chi connectivity index (χ1n) is 9.68. The lowest BCUT2D eigenvalue weighted by Crippen LogP contribution is -2.22. The molecule has 0 spiro atoms. The zero-order valence-corrected chi connectivity index (χ0v) is 17.2. The van der Waals surface area contributed by atoms with Gasteiger partial charge in [-0.2, -0.15) is 5.10 Å². The molecule has 0 aliphatic carbocycles. The van der Waals surface area contributed by atoms with Crippen molar-refractivity contribution in [1.29, 1.82) is 0 Å². The van der Waals surface area contributed by atoms with E-state index in [0.717, 1.165) is 41.8 Å². The molecule has 0 saturated heterocycles. The fraction of sp³-hybridized carbons (Fsp3) is 0.350. The molecule has 1 N–H and O–H groups in total. The third kappa shape index (κ3) is 3.77. The summed E-state index contributed by atoms with van der Waals surface area (Å²) in [6, 6.07) is 4.93. The number of anilines is 1. The standard InChI is InChI=1S/C20H22N6O2S/c1-3-25(4-2)20-21-11-14(29-20)12-22-24-18(27)13-7-8-15-16(10-13)23-17-6-5-9-26(17)19(15)28/h7-8,10-12H,3-6,9H2,1-2H3,(H,24,27)/b22-12-. The number of carbonyl (C=O) groups is 1. The van der Waals surface area contributed by atoms with Gasteiger partial charge in [-0.25, -0.2) is 15.4 Å². The largest absolute Gasteiger partial charge is 0.349 e. The van der Waals surface area contributed by atoms with E-state index >= 15 is 0 Å². The van der Waals surface area contributed by atoms with Crippen LogP contribution in [0.2, 0.25) is 0 Å². The molecule has 2 aromatic heterocycles. The number of amides is 1. The lowest BCUT2D eigenvalue weighted by molar-refractivity contribution is 0.0955. The Morgan fingerprint density at radius 1 is 1.38 bits per heavy atom. The fourth-order valence-electron chi connectivity index (χ4n) is 3.42. The van der Waals surface area contributed by atoms with E-state index in [4.69, 9.17) is 0 Å². The highest BCUT2D eigenvalue weighted by atomic mass is 32.1. The predicted octanol–water partition coefficient (Wildman–Crippen LogP) is 2.41. The summed E-state index contributed by atoms with van der Waals surface area (Å²) in [4.78, 5) is 36.9. The van der Waals surface area contributed by atoms with Crippen molar-refractivity contribution in [3.63, 3.8) is 0 Å². The lowest BCUT2D eigenvalue weighted by atomic mass is 10.1. The number of nitrogens with zero attached hydrogens (tertiary/aromatic N) is 5. The van der Waals surface area contributed by atoms with E-state index in [1.165, 1.54) is 11.3 Å². The molecule has 9 heteroatoms. The second-order valence-corrected chi connectivity index (χ2v) is 7.78. The summed E-state index contributed by atoms with van der Waals surface area (Å²) in [5, 5.41) is 5.50. The Morgan fingerprint density at radius 3 is 3.00 bits per heavy atom. The fourth-order valence-corrected chi connectivity index (χ4v) is 4.34. The predicted molar refractivity (Wildman–Crippen MR) is 115 cm³/mol. The average molecular weight is 411 g/mol. The average Bonchev–Trinajstić information content (AvgIpc) is 3.38. The van der Waals surface area contributed by atoms with Crippen LogP contribution < -0.4 is 15.9 Å². The third-order valence-electron chi connectivity index (χ3n) is 4.98. The van der Waals surface area contributed by atoms with Gasteiger partial charge in [-0.1, -0.05) is 11.3 Å². The van der Waals surface area contributed by atoms with Gasteiger partial charge < -0.3 is 4.90 Å². The van der Waals surface area contributed by atoms with E-state index in [9.17, 15) is 9.59 Å². The second-order valence-electron chi connectivity index (χ2n) is 6.74. The van der Waals surface area contributed by atoms with Gasteiger partial charge in [0.15, 0.2) is 5.13 Å². The first-order chi connectivity index (χ1) is 14.1. The van der Waals surface area contributed by atoms with Crippen molar-refractivity contribution in [2.75, 3.05) is 18.0 Å². The number of rotatable bonds is 6. The van der Waals surface area contributed by atoms with E-state index in [2.05, 4.69) is 39.2 Å². The first-order valence-corrected chi connectivity index (χ1v) is 10.5. The van der Waals surface area contributed by atoms with E-state index < -0.39 is 0 Å². The molecule has 8 nitrogen and oxygen atoms in total. The number of aromatic nitrogens is 3. The highest BCUT2D eigenvalue weighted by molar-refractivity contribution is 7.17. The van der Waals surface area contributed by atoms with Crippen LogP contribution in [0.4, 0.5) is 5.13 Å². The van der Waals surface area contributed by atoms with Crippen molar-refractivity contribution in [2.45, 2.75) is 33.2 Å². The number of hydrogen-bond acceptors (Lipinski definition) is 7. The lowest BCUT2D eigenvalue weighted by Gasteiger charge is -2.16. The smallest absolute Gasteiger partial charge is 0.271 e. The molecule has 0 saturated carbocycles. The minimum atomic E-state index is -0.348. The van der Waals surface area contributed by atoms with Crippen LogP contribution in [0.25, 0.3) is 10.9 Å². The van der Waals surface area contributed by atoms with Crippen LogP contribution in [0.3, 0.4) is 0 Å². The van der Waals surface area contributed by atoms with Crippen molar-refractivity contribution in [2.24, 2.45) is 5.10 Å². The van der Waals surface area contributed by atoms with Crippen molar-refractivity contribution in [3.8, 4) is 0 Å². The Morgan fingerprint density at radius 2 is 2.21 bits per heavy atom. The molecule has 150 valence electrons. The van der Waals surface area contributed by atoms with Gasteiger partial charge in [0, 0.05) is 37.8 Å². The number of hydrazone groups is 1. The van der Waals surface area contributed by atoms with Crippen LogP contribution in [-0.4, -0.2) is 39.7 Å². The molecule has 1 aliphatic heterocycles. The molecule has 1 aromatic carbocycles. The van der Waals surface area contributed by atoms with Crippen LogP contribution in [0, 0.1) is 0 Å². The molecule has 3 aromatic rings. The molecule has 3 heterocycles. The van der Waals surface area contributed by atoms with Gasteiger partial charge >= 0.3 is 0 Å². The van der Waals surface area contributed by atoms with Crippen LogP contribution in [0.5, 0.6) is 0 Å². The summed E-state index contributed by atoms with van der Waals surface area (Å²) < 4.78 is 1.72. The van der Waals surface area contributed by atoms with Gasteiger partial charge in [0.2, 0.25) is 0 Å². The number of aryl methyl sites for hydroxylation is 1. The Labute approximate surface area is 171 Å². The number of thiazole rings is 1. The zero-order valence-electron chi connectivity index (χ0n) is 16.4. The van der Waals surface area contributed by atoms with Gasteiger partial charge in [-0.3, -0.25) is 14.2 Å². The van der Waals surface area contributed by atoms with Gasteiger partial charge in [-0.05, 0) is 38.5 Å². The van der Waals surface area contributed by atoms with Crippen LogP contribution >= 0.6 is 11.3 Å². The van der Waals surface area contributed by atoms with Crippen molar-refractivity contribution >= 4 is 39.5 Å². The van der Waals surface area contributed by atoms with Gasteiger partial charge in [-0.15, -0.1) is 0 Å². The zero-order chi connectivity index (χ0) is 20.4. The summed E-state index contributed by atoms with van der Waals surface area (Å²) in [6.07, 6.45) is 5.04. The molecular formula is C20H22N6O2S. The Balaban J connectivity index is 1.49. The highest BCUT2D eigenvalue weighted by Crippen LogP contribution is 2.21. The Kier molecular flexibility index (Phi) is 5.39. The number of nitrogens with one attached hydrogen (secondary N) is 1. The van der Waals surface area contributed by atoms with E-state index in [-0.39, 0.29) is 11.5 Å². The molecule has 29 heavy (non-hydrogen) atoms. The molecule has 0 fully saturated rings. The second kappa shape index (κ2) is 8.12. The summed E-state index contributed by atoms with van der Waals surface area (Å²) in [7, 11) is 0. The van der Waals surface area contributed by atoms with Gasteiger partial charge in [0.05, 0.1) is 22.0 Å². The van der Waals surface area contributed by atoms with Crippen molar-refractivity contribution in [1.82, 2.24) is 20.0 Å². The number of hydrogen-bond donors (Lipinski definition) is 1. The topological polar surface area (TPSA) is 92.5 Å². The first kappa shape index (κ1) is 19.3. The highest BCUT2D eigenvalue weighted by Gasteiger charge is 2.17. The molecule has 1 aliphatic rings. The third-order valence-corrected chi connectivity index (χ3v) is 5.97. The number of carbonyl (C=O) groups excluding carboxylic acids is 1. The maximum absolute atomic E-state index is 12.5. The van der Waals surface area contributed by atoms with Crippen LogP contribution in [-0.2, 0) is 13.0 Å². The van der Waals surface area contributed by atoms with Crippen LogP contribution in [0.1, 0.15) is 41.3 Å². The molecule has 0 radical (unpaired) electrons. The number of fused-ring (bicyclic) bond motifs is 2. The Bertz CT molecular complexity index is 1150. The summed E-state index contributed by atoms with van der Waals surface area (Å²) in [6.45, 7) is 6.65.